The Morgan fingerprint density at radius 1 is 1.14 bits per heavy atom. The van der Waals surface area contributed by atoms with Crippen molar-refractivity contribution in [1.82, 2.24) is 28.9 Å². The molecule has 3 heterocycles. The van der Waals surface area contributed by atoms with Gasteiger partial charge in [0, 0.05) is 39.4 Å². The molecule has 0 saturated carbocycles. The number of aryl methyl sites for hydroxylation is 3. The van der Waals surface area contributed by atoms with Gasteiger partial charge in [0.05, 0.1) is 11.9 Å². The normalized spacial score (nSPS) is 11.3. The number of anilines is 1. The van der Waals surface area contributed by atoms with Crippen LogP contribution in [0.1, 0.15) is 11.1 Å². The molecule has 0 saturated heterocycles. The van der Waals surface area contributed by atoms with Crippen molar-refractivity contribution in [3.8, 4) is 5.69 Å². The maximum atomic E-state index is 12.2. The van der Waals surface area contributed by atoms with Crippen LogP contribution in [0.2, 0.25) is 0 Å². The second-order valence-electron chi connectivity index (χ2n) is 6.90. The minimum absolute atomic E-state index is 0.355. The lowest BCUT2D eigenvalue weighted by atomic mass is 10.2. The molecule has 0 aliphatic rings. The van der Waals surface area contributed by atoms with Crippen molar-refractivity contribution in [3.05, 3.63) is 68.6 Å². The molecule has 4 rings (SSSR count). The fourth-order valence-corrected chi connectivity index (χ4v) is 3.38. The molecule has 0 fully saturated rings. The maximum Gasteiger partial charge on any atom is 0.329 e. The van der Waals surface area contributed by atoms with Gasteiger partial charge in [-0.05, 0) is 18.6 Å². The molecule has 3 aromatic heterocycles. The van der Waals surface area contributed by atoms with Crippen molar-refractivity contribution in [3.63, 3.8) is 0 Å². The van der Waals surface area contributed by atoms with Crippen LogP contribution >= 0.6 is 0 Å². The minimum Gasteiger partial charge on any atom is -0.341 e. The SMILES string of the molecule is Cc1ccccc1-n1cc(CN(C)c2nc3c(c(=O)[nH]c(=O)n3C)n2C)cn1. The topological polar surface area (TPSA) is 93.7 Å². The first kappa shape index (κ1) is 17.8. The molecule has 9 nitrogen and oxygen atoms in total. The van der Waals surface area contributed by atoms with Crippen LogP contribution in [0.15, 0.2) is 46.2 Å². The molecule has 0 aliphatic carbocycles. The van der Waals surface area contributed by atoms with Crippen LogP contribution in [0.5, 0.6) is 0 Å². The van der Waals surface area contributed by atoms with Gasteiger partial charge in [-0.1, -0.05) is 18.2 Å². The second-order valence-corrected chi connectivity index (χ2v) is 6.90. The number of aromatic nitrogens is 6. The van der Waals surface area contributed by atoms with Crippen LogP contribution in [0.3, 0.4) is 0 Å². The van der Waals surface area contributed by atoms with E-state index in [9.17, 15) is 9.59 Å². The molecule has 0 spiro atoms. The second kappa shape index (κ2) is 6.52. The lowest BCUT2D eigenvalue weighted by Crippen LogP contribution is -2.29. The molecule has 0 amide bonds. The van der Waals surface area contributed by atoms with Crippen LogP contribution in [0, 0.1) is 6.92 Å². The zero-order valence-electron chi connectivity index (χ0n) is 16.2. The fourth-order valence-electron chi connectivity index (χ4n) is 3.38. The number of hydrogen-bond donors (Lipinski definition) is 1. The molecule has 9 heteroatoms. The van der Waals surface area contributed by atoms with E-state index in [0.29, 0.717) is 23.7 Å². The zero-order valence-corrected chi connectivity index (χ0v) is 16.2. The quantitative estimate of drug-likeness (QED) is 0.573. The number of imidazole rings is 1. The summed E-state index contributed by atoms with van der Waals surface area (Å²) in [5, 5.41) is 4.46. The number of para-hydroxylation sites is 1. The largest absolute Gasteiger partial charge is 0.341 e. The van der Waals surface area contributed by atoms with Gasteiger partial charge in [-0.3, -0.25) is 14.3 Å². The predicted molar refractivity (Wildman–Crippen MR) is 107 cm³/mol. The van der Waals surface area contributed by atoms with E-state index in [0.717, 1.165) is 16.8 Å². The number of benzene rings is 1. The Kier molecular flexibility index (Phi) is 4.14. The molecule has 1 N–H and O–H groups in total. The van der Waals surface area contributed by atoms with E-state index < -0.39 is 11.2 Å². The van der Waals surface area contributed by atoms with E-state index in [1.807, 2.05) is 60.2 Å². The van der Waals surface area contributed by atoms with Crippen LogP contribution in [0.25, 0.3) is 16.9 Å². The number of fused-ring (bicyclic) bond motifs is 1. The summed E-state index contributed by atoms with van der Waals surface area (Å²) in [6.45, 7) is 2.60. The van der Waals surface area contributed by atoms with Gasteiger partial charge in [0.1, 0.15) is 0 Å². The number of nitrogens with one attached hydrogen (secondary N) is 1. The Morgan fingerprint density at radius 2 is 1.89 bits per heavy atom. The minimum atomic E-state index is -0.482. The highest BCUT2D eigenvalue weighted by molar-refractivity contribution is 5.74. The van der Waals surface area contributed by atoms with Gasteiger partial charge in [0.25, 0.3) is 5.56 Å². The molecule has 0 bridgehead atoms. The summed E-state index contributed by atoms with van der Waals surface area (Å²) in [7, 11) is 5.24. The third-order valence-electron chi connectivity index (χ3n) is 4.87. The molecular weight excluding hydrogens is 358 g/mol. The van der Waals surface area contributed by atoms with E-state index in [1.54, 1.807) is 18.7 Å². The van der Waals surface area contributed by atoms with Gasteiger partial charge >= 0.3 is 5.69 Å². The number of H-pyrrole nitrogens is 1. The van der Waals surface area contributed by atoms with E-state index in [-0.39, 0.29) is 0 Å². The zero-order chi connectivity index (χ0) is 20.0. The molecule has 144 valence electrons. The average molecular weight is 379 g/mol. The molecule has 4 aromatic rings. The Balaban J connectivity index is 1.67. The summed E-state index contributed by atoms with van der Waals surface area (Å²) >= 11 is 0. The highest BCUT2D eigenvalue weighted by Crippen LogP contribution is 2.19. The average Bonchev–Trinajstić information content (AvgIpc) is 3.25. The summed E-state index contributed by atoms with van der Waals surface area (Å²) in [5.41, 5.74) is 2.96. The standard InChI is InChI=1S/C19H21N7O2/c1-12-7-5-6-8-14(12)26-11-13(9-20-26)10-23(2)18-21-16-15(24(18)3)17(27)22-19(28)25(16)4/h5-9,11H,10H2,1-4H3,(H,22,27,28). The van der Waals surface area contributed by atoms with Crippen LogP contribution in [-0.4, -0.2) is 35.9 Å². The van der Waals surface area contributed by atoms with Crippen LogP contribution in [0.4, 0.5) is 5.95 Å². The van der Waals surface area contributed by atoms with E-state index in [4.69, 9.17) is 0 Å². The van der Waals surface area contributed by atoms with Crippen LogP contribution < -0.4 is 16.1 Å². The van der Waals surface area contributed by atoms with Crippen molar-refractivity contribution in [2.75, 3.05) is 11.9 Å². The first-order valence-electron chi connectivity index (χ1n) is 8.83. The van der Waals surface area contributed by atoms with E-state index >= 15 is 0 Å². The Bertz CT molecular complexity index is 1290. The number of nitrogens with zero attached hydrogens (tertiary/aromatic N) is 6. The Labute approximate surface area is 160 Å². The number of hydrogen-bond acceptors (Lipinski definition) is 5. The Morgan fingerprint density at radius 3 is 2.64 bits per heavy atom. The van der Waals surface area contributed by atoms with Gasteiger partial charge in [0.2, 0.25) is 5.95 Å². The monoisotopic (exact) mass is 379 g/mol. The molecule has 0 aliphatic heterocycles. The van der Waals surface area contributed by atoms with Crippen molar-refractivity contribution in [2.24, 2.45) is 14.1 Å². The van der Waals surface area contributed by atoms with Gasteiger partial charge in [-0.2, -0.15) is 10.1 Å². The molecule has 28 heavy (non-hydrogen) atoms. The lowest BCUT2D eigenvalue weighted by molar-refractivity contribution is 0.815. The molecular formula is C19H21N7O2. The van der Waals surface area contributed by atoms with Crippen molar-refractivity contribution in [1.29, 1.82) is 0 Å². The molecule has 0 unspecified atom stereocenters. The van der Waals surface area contributed by atoms with Crippen molar-refractivity contribution >= 4 is 17.1 Å². The third-order valence-corrected chi connectivity index (χ3v) is 4.87. The highest BCUT2D eigenvalue weighted by Gasteiger charge is 2.18. The third kappa shape index (κ3) is 2.81. The number of aromatic amines is 1. The smallest absolute Gasteiger partial charge is 0.329 e. The predicted octanol–water partition coefficient (Wildman–Crippen LogP) is 1.09. The van der Waals surface area contributed by atoms with Gasteiger partial charge < -0.3 is 9.47 Å². The number of rotatable bonds is 4. The molecule has 1 aromatic carbocycles. The summed E-state index contributed by atoms with van der Waals surface area (Å²) in [6, 6.07) is 8.05. The summed E-state index contributed by atoms with van der Waals surface area (Å²) in [5.74, 6) is 0.588. The maximum absolute atomic E-state index is 12.2. The van der Waals surface area contributed by atoms with E-state index in [2.05, 4.69) is 15.1 Å². The van der Waals surface area contributed by atoms with E-state index in [1.165, 1.54) is 4.57 Å². The van der Waals surface area contributed by atoms with Gasteiger partial charge in [-0.15, -0.1) is 0 Å². The van der Waals surface area contributed by atoms with Crippen molar-refractivity contribution < 1.29 is 0 Å². The first-order chi connectivity index (χ1) is 13.4. The molecule has 0 radical (unpaired) electrons. The summed E-state index contributed by atoms with van der Waals surface area (Å²) in [4.78, 5) is 32.8. The van der Waals surface area contributed by atoms with Gasteiger partial charge in [-0.25, -0.2) is 9.48 Å². The first-order valence-corrected chi connectivity index (χ1v) is 8.83. The highest BCUT2D eigenvalue weighted by atomic mass is 16.2. The Hall–Kier alpha value is -3.62. The summed E-state index contributed by atoms with van der Waals surface area (Å²) in [6.07, 6.45) is 3.79. The van der Waals surface area contributed by atoms with Crippen molar-refractivity contribution in [2.45, 2.75) is 13.5 Å². The van der Waals surface area contributed by atoms with Gasteiger partial charge in [0.15, 0.2) is 11.2 Å². The lowest BCUT2D eigenvalue weighted by Gasteiger charge is -2.17. The fraction of sp³-hybridized carbons (Fsp3) is 0.263. The van der Waals surface area contributed by atoms with Crippen LogP contribution in [-0.2, 0) is 20.6 Å². The summed E-state index contributed by atoms with van der Waals surface area (Å²) < 4.78 is 4.88. The molecule has 0 atom stereocenters.